The Kier molecular flexibility index (Phi) is 2.25. The smallest absolute Gasteiger partial charge is 0.387 e. The topological polar surface area (TPSA) is 9.23 Å². The van der Waals surface area contributed by atoms with Gasteiger partial charge in [-0.3, -0.25) is 0 Å². The van der Waals surface area contributed by atoms with Gasteiger partial charge < -0.3 is 4.74 Å². The third-order valence-electron chi connectivity index (χ3n) is 2.52. The van der Waals surface area contributed by atoms with Gasteiger partial charge in [0.15, 0.2) is 0 Å². The van der Waals surface area contributed by atoms with Gasteiger partial charge in [0.2, 0.25) is 0 Å². The molecule has 82 valence electrons. The van der Waals surface area contributed by atoms with E-state index < -0.39 is 13.0 Å². The SMILES string of the molecule is [2H]C1([2H])CC(C)Cc2ccc(OC(F)F)cc21. The Labute approximate surface area is 90.9 Å². The van der Waals surface area contributed by atoms with E-state index in [1.807, 2.05) is 6.92 Å². The predicted octanol–water partition coefficient (Wildman–Crippen LogP) is 3.41. The summed E-state index contributed by atoms with van der Waals surface area (Å²) in [6.07, 6.45) is -0.267. The summed E-state index contributed by atoms with van der Waals surface area (Å²) in [6, 6.07) is 4.55. The molecule has 0 radical (unpaired) electrons. The van der Waals surface area contributed by atoms with Crippen LogP contribution in [0.1, 0.15) is 27.2 Å². The number of ether oxygens (including phenoxy) is 1. The first kappa shape index (κ1) is 8.08. The molecule has 0 saturated carbocycles. The van der Waals surface area contributed by atoms with E-state index in [1.165, 1.54) is 12.1 Å². The third-order valence-corrected chi connectivity index (χ3v) is 2.52. The van der Waals surface area contributed by atoms with Crippen LogP contribution < -0.4 is 4.74 Å². The lowest BCUT2D eigenvalue weighted by Crippen LogP contribution is -2.11. The van der Waals surface area contributed by atoms with E-state index >= 15 is 0 Å². The summed E-state index contributed by atoms with van der Waals surface area (Å²) in [5.41, 5.74) is 1.36. The molecule has 1 unspecified atom stereocenters. The Morgan fingerprint density at radius 2 is 2.27 bits per heavy atom. The first-order valence-electron chi connectivity index (χ1n) is 5.97. The lowest BCUT2D eigenvalue weighted by atomic mass is 9.85. The van der Waals surface area contributed by atoms with Gasteiger partial charge in [0.1, 0.15) is 5.75 Å². The molecule has 1 aromatic carbocycles. The van der Waals surface area contributed by atoms with Gasteiger partial charge in [-0.05, 0) is 48.4 Å². The second-order valence-electron chi connectivity index (χ2n) is 3.89. The molecule has 0 heterocycles. The first-order chi connectivity index (χ1) is 7.88. The minimum Gasteiger partial charge on any atom is -0.435 e. The molecule has 1 aromatic rings. The number of rotatable bonds is 2. The van der Waals surface area contributed by atoms with Crippen molar-refractivity contribution >= 4 is 0 Å². The summed E-state index contributed by atoms with van der Waals surface area (Å²) in [4.78, 5) is 0. The molecule has 15 heavy (non-hydrogen) atoms. The molecule has 1 atom stereocenters. The van der Waals surface area contributed by atoms with Gasteiger partial charge in [0.25, 0.3) is 0 Å². The predicted molar refractivity (Wildman–Crippen MR) is 54.3 cm³/mol. The van der Waals surface area contributed by atoms with Crippen LogP contribution in [0.25, 0.3) is 0 Å². The van der Waals surface area contributed by atoms with Crippen LogP contribution in [0.3, 0.4) is 0 Å². The number of halogens is 2. The van der Waals surface area contributed by atoms with Crippen molar-refractivity contribution in [1.29, 1.82) is 0 Å². The van der Waals surface area contributed by atoms with E-state index in [2.05, 4.69) is 4.74 Å². The minimum absolute atomic E-state index is 0.0252. The van der Waals surface area contributed by atoms with Crippen molar-refractivity contribution < 1.29 is 16.3 Å². The zero-order valence-corrected chi connectivity index (χ0v) is 8.47. The summed E-state index contributed by atoms with van der Waals surface area (Å²) in [5, 5.41) is 0. The molecule has 0 aliphatic heterocycles. The molecule has 0 amide bonds. The van der Waals surface area contributed by atoms with Gasteiger partial charge in [-0.15, -0.1) is 0 Å². The lowest BCUT2D eigenvalue weighted by molar-refractivity contribution is -0.0499. The fraction of sp³-hybridized carbons (Fsp3) is 0.500. The highest BCUT2D eigenvalue weighted by Gasteiger charge is 2.16. The minimum atomic E-state index is -2.87. The van der Waals surface area contributed by atoms with Gasteiger partial charge in [0.05, 0.1) is 0 Å². The molecule has 3 heteroatoms. The Morgan fingerprint density at radius 3 is 3.00 bits per heavy atom. The van der Waals surface area contributed by atoms with E-state index in [-0.39, 0.29) is 11.7 Å². The van der Waals surface area contributed by atoms with Crippen LogP contribution in [0.4, 0.5) is 8.78 Å². The van der Waals surface area contributed by atoms with Crippen molar-refractivity contribution in [2.45, 2.75) is 32.7 Å². The quantitative estimate of drug-likeness (QED) is 0.733. The molecule has 0 saturated heterocycles. The van der Waals surface area contributed by atoms with E-state index in [9.17, 15) is 8.78 Å². The monoisotopic (exact) mass is 214 g/mol. The van der Waals surface area contributed by atoms with Crippen molar-refractivity contribution in [3.05, 3.63) is 29.3 Å². The van der Waals surface area contributed by atoms with Crippen molar-refractivity contribution in [1.82, 2.24) is 0 Å². The van der Waals surface area contributed by atoms with Crippen LogP contribution in [0.2, 0.25) is 0 Å². The number of hydrogen-bond donors (Lipinski definition) is 0. The summed E-state index contributed by atoms with van der Waals surface area (Å²) < 4.78 is 44.4. The van der Waals surface area contributed by atoms with Crippen LogP contribution in [0, 0.1) is 5.92 Å². The molecule has 1 aliphatic carbocycles. The zero-order valence-electron chi connectivity index (χ0n) is 10.5. The van der Waals surface area contributed by atoms with Crippen LogP contribution in [-0.4, -0.2) is 6.61 Å². The van der Waals surface area contributed by atoms with Gasteiger partial charge in [-0.25, -0.2) is 0 Å². The van der Waals surface area contributed by atoms with Crippen LogP contribution in [0.15, 0.2) is 18.2 Å². The van der Waals surface area contributed by atoms with Gasteiger partial charge in [-0.1, -0.05) is 13.0 Å². The highest BCUT2D eigenvalue weighted by Crippen LogP contribution is 2.28. The van der Waals surface area contributed by atoms with Crippen molar-refractivity contribution in [3.63, 3.8) is 0 Å². The Bertz CT molecular complexity index is 421. The molecular weight excluding hydrogens is 198 g/mol. The average molecular weight is 214 g/mol. The largest absolute Gasteiger partial charge is 0.435 e. The maximum atomic E-state index is 12.1. The molecule has 0 spiro atoms. The number of hydrogen-bond acceptors (Lipinski definition) is 1. The summed E-state index contributed by atoms with van der Waals surface area (Å²) >= 11 is 0. The molecule has 0 fully saturated rings. The van der Waals surface area contributed by atoms with Crippen molar-refractivity contribution in [2.24, 2.45) is 5.92 Å². The molecule has 0 bridgehead atoms. The van der Waals surface area contributed by atoms with E-state index in [1.54, 1.807) is 6.07 Å². The Morgan fingerprint density at radius 1 is 1.47 bits per heavy atom. The standard InChI is InChI=1S/C12H14F2O/c1-8-2-3-10-7-11(15-12(13)14)5-4-9(10)6-8/h4-5,7-8,12H,2-3,6H2,1H3/i3D2. The maximum Gasteiger partial charge on any atom is 0.387 e. The van der Waals surface area contributed by atoms with Gasteiger partial charge in [-0.2, -0.15) is 8.78 Å². The van der Waals surface area contributed by atoms with E-state index in [0.29, 0.717) is 12.0 Å². The highest BCUT2D eigenvalue weighted by molar-refractivity contribution is 5.37. The van der Waals surface area contributed by atoms with Crippen LogP contribution >= 0.6 is 0 Å². The van der Waals surface area contributed by atoms with Crippen molar-refractivity contribution in [2.75, 3.05) is 0 Å². The highest BCUT2D eigenvalue weighted by atomic mass is 19.3. The second-order valence-corrected chi connectivity index (χ2v) is 3.89. The number of benzene rings is 1. The number of aryl methyl sites for hydroxylation is 1. The lowest BCUT2D eigenvalue weighted by Gasteiger charge is -2.21. The zero-order chi connectivity index (χ0) is 12.6. The van der Waals surface area contributed by atoms with Gasteiger partial charge >= 0.3 is 6.61 Å². The Balaban J connectivity index is 2.37. The molecule has 2 rings (SSSR count). The molecular formula is C12H14F2O. The van der Waals surface area contributed by atoms with Crippen molar-refractivity contribution in [3.8, 4) is 5.75 Å². The fourth-order valence-corrected chi connectivity index (χ4v) is 1.81. The average Bonchev–Trinajstić information content (AvgIpc) is 2.17. The third kappa shape index (κ3) is 2.46. The molecule has 0 aromatic heterocycles. The number of alkyl halides is 2. The van der Waals surface area contributed by atoms with E-state index in [4.69, 9.17) is 2.74 Å². The second kappa shape index (κ2) is 4.17. The van der Waals surface area contributed by atoms with Gasteiger partial charge in [0, 0.05) is 2.74 Å². The normalized spacial score (nSPS) is 25.5. The van der Waals surface area contributed by atoms with Crippen LogP contribution in [0.5, 0.6) is 5.75 Å². The molecule has 0 N–H and O–H groups in total. The maximum absolute atomic E-state index is 12.1. The van der Waals surface area contributed by atoms with E-state index in [0.717, 1.165) is 12.0 Å². The number of fused-ring (bicyclic) bond motifs is 1. The fourth-order valence-electron chi connectivity index (χ4n) is 1.81. The Hall–Kier alpha value is -1.12. The summed E-state index contributed by atoms with van der Waals surface area (Å²) in [7, 11) is 0. The summed E-state index contributed by atoms with van der Waals surface area (Å²) in [5.74, 6) is 0.288. The molecule has 1 aliphatic rings. The first-order valence-corrected chi connectivity index (χ1v) is 4.97. The van der Waals surface area contributed by atoms with Crippen LogP contribution in [-0.2, 0) is 12.8 Å². The molecule has 1 nitrogen and oxygen atoms in total. The summed E-state index contributed by atoms with van der Waals surface area (Å²) in [6.45, 7) is -0.883.